The standard InChI is InChI=1S/C15H23BrN2O3S/c1-3-5-6-11(4-2)10-18-15(19)13-9-12(22(17,20)21)7-8-14(13)16/h7-9,11H,3-6,10H2,1-2H3,(H,18,19)(H2,17,20,21). The van der Waals surface area contributed by atoms with Gasteiger partial charge in [0.15, 0.2) is 0 Å². The molecule has 0 aliphatic rings. The molecule has 1 amide bonds. The number of halogens is 1. The largest absolute Gasteiger partial charge is 0.352 e. The lowest BCUT2D eigenvalue weighted by atomic mass is 9.99. The van der Waals surface area contributed by atoms with Crippen LogP contribution in [0, 0.1) is 5.92 Å². The van der Waals surface area contributed by atoms with Crippen LogP contribution in [0.25, 0.3) is 0 Å². The van der Waals surface area contributed by atoms with E-state index in [1.807, 2.05) is 0 Å². The Hall–Kier alpha value is -0.920. The van der Waals surface area contributed by atoms with Crippen molar-refractivity contribution < 1.29 is 13.2 Å². The van der Waals surface area contributed by atoms with Crippen molar-refractivity contribution >= 4 is 31.9 Å². The van der Waals surface area contributed by atoms with Crippen molar-refractivity contribution in [1.82, 2.24) is 5.32 Å². The van der Waals surface area contributed by atoms with Gasteiger partial charge in [-0.25, -0.2) is 13.6 Å². The highest BCUT2D eigenvalue weighted by atomic mass is 79.9. The normalized spacial score (nSPS) is 12.9. The fourth-order valence-corrected chi connectivity index (χ4v) is 3.10. The highest BCUT2D eigenvalue weighted by molar-refractivity contribution is 9.10. The number of sulfonamides is 1. The lowest BCUT2D eigenvalue weighted by molar-refractivity contribution is 0.0945. The van der Waals surface area contributed by atoms with Gasteiger partial charge >= 0.3 is 0 Å². The van der Waals surface area contributed by atoms with Crippen LogP contribution in [0.1, 0.15) is 49.9 Å². The van der Waals surface area contributed by atoms with E-state index in [2.05, 4.69) is 35.1 Å². The second-order valence-electron chi connectivity index (χ2n) is 5.31. The molecule has 0 radical (unpaired) electrons. The van der Waals surface area contributed by atoms with Gasteiger partial charge in [-0.15, -0.1) is 0 Å². The molecule has 1 aromatic rings. The Morgan fingerprint density at radius 3 is 2.59 bits per heavy atom. The summed E-state index contributed by atoms with van der Waals surface area (Å²) in [5, 5.41) is 7.97. The third-order valence-electron chi connectivity index (χ3n) is 3.61. The number of hydrogen-bond donors (Lipinski definition) is 2. The number of carbonyl (C=O) groups excluding carboxylic acids is 1. The molecule has 0 saturated heterocycles. The quantitative estimate of drug-likeness (QED) is 0.714. The molecule has 0 bridgehead atoms. The molecule has 0 heterocycles. The van der Waals surface area contributed by atoms with Crippen molar-refractivity contribution in [2.45, 2.75) is 44.4 Å². The first-order valence-electron chi connectivity index (χ1n) is 7.40. The van der Waals surface area contributed by atoms with Crippen LogP contribution in [0.5, 0.6) is 0 Å². The maximum Gasteiger partial charge on any atom is 0.252 e. The van der Waals surface area contributed by atoms with Gasteiger partial charge in [-0.05, 0) is 46.5 Å². The summed E-state index contributed by atoms with van der Waals surface area (Å²) >= 11 is 3.27. The summed E-state index contributed by atoms with van der Waals surface area (Å²) < 4.78 is 23.3. The van der Waals surface area contributed by atoms with E-state index in [0.29, 0.717) is 16.9 Å². The number of primary sulfonamides is 1. The monoisotopic (exact) mass is 390 g/mol. The van der Waals surface area contributed by atoms with Gasteiger partial charge in [0.05, 0.1) is 10.5 Å². The number of carbonyl (C=O) groups is 1. The minimum absolute atomic E-state index is 0.0705. The topological polar surface area (TPSA) is 89.3 Å². The minimum Gasteiger partial charge on any atom is -0.352 e. The smallest absolute Gasteiger partial charge is 0.252 e. The van der Waals surface area contributed by atoms with Crippen LogP contribution in [0.15, 0.2) is 27.6 Å². The maximum atomic E-state index is 12.3. The summed E-state index contributed by atoms with van der Waals surface area (Å²) in [5.74, 6) is 0.136. The number of nitrogens with two attached hydrogens (primary N) is 1. The van der Waals surface area contributed by atoms with Gasteiger partial charge < -0.3 is 5.32 Å². The molecule has 0 aliphatic carbocycles. The van der Waals surface area contributed by atoms with Crippen LogP contribution in [0.2, 0.25) is 0 Å². The molecule has 0 aromatic heterocycles. The van der Waals surface area contributed by atoms with Crippen molar-refractivity contribution in [2.24, 2.45) is 11.1 Å². The fraction of sp³-hybridized carbons (Fsp3) is 0.533. The van der Waals surface area contributed by atoms with Crippen molar-refractivity contribution in [2.75, 3.05) is 6.54 Å². The zero-order chi connectivity index (χ0) is 16.8. The molecule has 22 heavy (non-hydrogen) atoms. The van der Waals surface area contributed by atoms with Crippen molar-refractivity contribution in [3.05, 3.63) is 28.2 Å². The number of nitrogens with one attached hydrogen (secondary N) is 1. The van der Waals surface area contributed by atoms with E-state index in [9.17, 15) is 13.2 Å². The third kappa shape index (κ3) is 5.70. The van der Waals surface area contributed by atoms with Gasteiger partial charge in [0.25, 0.3) is 5.91 Å². The maximum absolute atomic E-state index is 12.3. The molecule has 7 heteroatoms. The summed E-state index contributed by atoms with van der Waals surface area (Å²) in [6.07, 6.45) is 4.34. The van der Waals surface area contributed by atoms with E-state index >= 15 is 0 Å². The predicted octanol–water partition coefficient (Wildman–Crippen LogP) is 3.04. The van der Waals surface area contributed by atoms with Crippen LogP contribution < -0.4 is 10.5 Å². The van der Waals surface area contributed by atoms with E-state index in [0.717, 1.165) is 25.7 Å². The molecular weight excluding hydrogens is 368 g/mol. The van der Waals surface area contributed by atoms with E-state index in [-0.39, 0.29) is 16.4 Å². The van der Waals surface area contributed by atoms with E-state index in [4.69, 9.17) is 5.14 Å². The summed E-state index contributed by atoms with van der Waals surface area (Å²) in [7, 11) is -3.82. The molecule has 1 rings (SSSR count). The molecule has 3 N–H and O–H groups in total. The molecule has 1 atom stereocenters. The third-order valence-corrected chi connectivity index (χ3v) is 5.21. The number of unbranched alkanes of at least 4 members (excludes halogenated alkanes) is 1. The first-order valence-corrected chi connectivity index (χ1v) is 9.74. The number of benzene rings is 1. The average molecular weight is 391 g/mol. The van der Waals surface area contributed by atoms with Gasteiger partial charge in [-0.3, -0.25) is 4.79 Å². The van der Waals surface area contributed by atoms with E-state index < -0.39 is 10.0 Å². The lowest BCUT2D eigenvalue weighted by Crippen LogP contribution is -2.29. The molecular formula is C15H23BrN2O3S. The average Bonchev–Trinajstić information content (AvgIpc) is 2.46. The molecule has 0 spiro atoms. The summed E-state index contributed by atoms with van der Waals surface area (Å²) in [6, 6.07) is 4.18. The highest BCUT2D eigenvalue weighted by Crippen LogP contribution is 2.21. The zero-order valence-corrected chi connectivity index (χ0v) is 15.3. The van der Waals surface area contributed by atoms with Crippen LogP contribution >= 0.6 is 15.9 Å². The van der Waals surface area contributed by atoms with Crippen molar-refractivity contribution in [3.63, 3.8) is 0 Å². The number of rotatable bonds is 8. The summed E-state index contributed by atoms with van der Waals surface area (Å²) in [6.45, 7) is 4.83. The van der Waals surface area contributed by atoms with E-state index in [1.165, 1.54) is 18.2 Å². The lowest BCUT2D eigenvalue weighted by Gasteiger charge is -2.16. The highest BCUT2D eigenvalue weighted by Gasteiger charge is 2.16. The van der Waals surface area contributed by atoms with Gasteiger partial charge in [-0.1, -0.05) is 33.1 Å². The second kappa shape index (κ2) is 8.64. The van der Waals surface area contributed by atoms with Gasteiger partial charge in [0, 0.05) is 11.0 Å². The van der Waals surface area contributed by atoms with Crippen LogP contribution in [-0.2, 0) is 10.0 Å². The number of amides is 1. The molecule has 0 saturated carbocycles. The van der Waals surface area contributed by atoms with E-state index in [1.54, 1.807) is 0 Å². The van der Waals surface area contributed by atoms with Gasteiger partial charge in [-0.2, -0.15) is 0 Å². The van der Waals surface area contributed by atoms with Crippen LogP contribution in [-0.4, -0.2) is 20.9 Å². The Balaban J connectivity index is 2.81. The first-order chi connectivity index (χ1) is 10.3. The molecule has 0 aliphatic heterocycles. The number of hydrogen-bond acceptors (Lipinski definition) is 3. The minimum atomic E-state index is -3.82. The first kappa shape index (κ1) is 19.1. The predicted molar refractivity (Wildman–Crippen MR) is 91.2 cm³/mol. The molecule has 1 unspecified atom stereocenters. The van der Waals surface area contributed by atoms with Gasteiger partial charge in [0.1, 0.15) is 0 Å². The molecule has 124 valence electrons. The Morgan fingerprint density at radius 1 is 1.36 bits per heavy atom. The SMILES string of the molecule is CCCCC(CC)CNC(=O)c1cc(S(N)(=O)=O)ccc1Br. The second-order valence-corrected chi connectivity index (χ2v) is 7.73. The van der Waals surface area contributed by atoms with Gasteiger partial charge in [0.2, 0.25) is 10.0 Å². The fourth-order valence-electron chi connectivity index (χ4n) is 2.13. The Labute approximate surface area is 140 Å². The molecule has 1 aromatic carbocycles. The summed E-state index contributed by atoms with van der Waals surface area (Å²) in [4.78, 5) is 12.2. The van der Waals surface area contributed by atoms with Crippen molar-refractivity contribution in [3.8, 4) is 0 Å². The Morgan fingerprint density at radius 2 is 2.05 bits per heavy atom. The van der Waals surface area contributed by atoms with Crippen LogP contribution in [0.4, 0.5) is 0 Å². The van der Waals surface area contributed by atoms with Crippen LogP contribution in [0.3, 0.4) is 0 Å². The Kier molecular flexibility index (Phi) is 7.52. The molecule has 0 fully saturated rings. The van der Waals surface area contributed by atoms with Crippen molar-refractivity contribution in [1.29, 1.82) is 0 Å². The molecule has 5 nitrogen and oxygen atoms in total. The Bertz CT molecular complexity index is 617. The zero-order valence-electron chi connectivity index (χ0n) is 12.9. The summed E-state index contributed by atoms with van der Waals surface area (Å²) in [5.41, 5.74) is 0.275.